The van der Waals surface area contributed by atoms with Crippen molar-refractivity contribution in [2.45, 2.75) is 39.5 Å². The largest absolute Gasteiger partial charge is 0.372 e. The van der Waals surface area contributed by atoms with Gasteiger partial charge in [-0.1, -0.05) is 26.7 Å². The SMILES string of the molecule is CCCC[C@@H](CC)C1=NCCN1. The van der Waals surface area contributed by atoms with E-state index in [1.54, 1.807) is 0 Å². The van der Waals surface area contributed by atoms with Crippen LogP contribution >= 0.6 is 0 Å². The topological polar surface area (TPSA) is 24.4 Å². The summed E-state index contributed by atoms with van der Waals surface area (Å²) >= 11 is 0. The Kier molecular flexibility index (Phi) is 4.12. The predicted octanol–water partition coefficient (Wildman–Crippen LogP) is 2.20. The van der Waals surface area contributed by atoms with E-state index in [-0.39, 0.29) is 0 Å². The summed E-state index contributed by atoms with van der Waals surface area (Å²) in [5.74, 6) is 1.97. The number of rotatable bonds is 5. The summed E-state index contributed by atoms with van der Waals surface area (Å²) in [6.45, 7) is 6.54. The molecule has 1 aliphatic rings. The molecule has 1 N–H and O–H groups in total. The molecule has 0 saturated carbocycles. The molecule has 0 spiro atoms. The molecule has 2 heteroatoms. The summed E-state index contributed by atoms with van der Waals surface area (Å²) in [4.78, 5) is 4.47. The third-order valence-corrected chi connectivity index (χ3v) is 2.49. The summed E-state index contributed by atoms with van der Waals surface area (Å²) in [5, 5.41) is 3.37. The molecule has 70 valence electrons. The Balaban J connectivity index is 2.33. The molecule has 0 aliphatic carbocycles. The number of hydrogen-bond donors (Lipinski definition) is 1. The fourth-order valence-corrected chi connectivity index (χ4v) is 1.67. The highest BCUT2D eigenvalue weighted by Gasteiger charge is 2.15. The molecular weight excluding hydrogens is 148 g/mol. The molecule has 0 aromatic heterocycles. The van der Waals surface area contributed by atoms with E-state index in [1.807, 2.05) is 0 Å². The highest BCUT2D eigenvalue weighted by Crippen LogP contribution is 2.14. The zero-order valence-electron chi connectivity index (χ0n) is 8.27. The highest BCUT2D eigenvalue weighted by atomic mass is 15.1. The number of aliphatic imine (C=N–C) groups is 1. The van der Waals surface area contributed by atoms with Crippen molar-refractivity contribution in [2.75, 3.05) is 13.1 Å². The van der Waals surface area contributed by atoms with Crippen molar-refractivity contribution < 1.29 is 0 Å². The van der Waals surface area contributed by atoms with E-state index in [0.29, 0.717) is 5.92 Å². The highest BCUT2D eigenvalue weighted by molar-refractivity contribution is 5.85. The van der Waals surface area contributed by atoms with Crippen LogP contribution in [0, 0.1) is 5.92 Å². The summed E-state index contributed by atoms with van der Waals surface area (Å²) in [7, 11) is 0. The molecular formula is C10H20N2. The second-order valence-corrected chi connectivity index (χ2v) is 3.44. The van der Waals surface area contributed by atoms with Crippen LogP contribution < -0.4 is 5.32 Å². The van der Waals surface area contributed by atoms with Gasteiger partial charge in [-0.25, -0.2) is 0 Å². The quantitative estimate of drug-likeness (QED) is 0.668. The number of nitrogens with one attached hydrogen (secondary N) is 1. The Morgan fingerprint density at radius 3 is 2.83 bits per heavy atom. The molecule has 0 bridgehead atoms. The third-order valence-electron chi connectivity index (χ3n) is 2.49. The van der Waals surface area contributed by atoms with E-state index in [4.69, 9.17) is 0 Å². The molecule has 0 fully saturated rings. The number of nitrogens with zero attached hydrogens (tertiary/aromatic N) is 1. The maximum absolute atomic E-state index is 4.47. The molecule has 0 amide bonds. The molecule has 0 radical (unpaired) electrons. The molecule has 1 atom stereocenters. The van der Waals surface area contributed by atoms with Crippen LogP contribution in [0.3, 0.4) is 0 Å². The molecule has 2 nitrogen and oxygen atoms in total. The molecule has 1 aliphatic heterocycles. The first-order valence-electron chi connectivity index (χ1n) is 5.16. The van der Waals surface area contributed by atoms with E-state index in [0.717, 1.165) is 13.1 Å². The third kappa shape index (κ3) is 2.50. The average Bonchev–Trinajstić information content (AvgIpc) is 2.59. The minimum Gasteiger partial charge on any atom is -0.372 e. The first-order chi connectivity index (χ1) is 5.88. The minimum absolute atomic E-state index is 0.701. The first kappa shape index (κ1) is 9.56. The van der Waals surface area contributed by atoms with E-state index in [9.17, 15) is 0 Å². The number of amidine groups is 1. The summed E-state index contributed by atoms with van der Waals surface area (Å²) in [6.07, 6.45) is 5.16. The molecule has 12 heavy (non-hydrogen) atoms. The molecule has 0 aromatic rings. The molecule has 0 unspecified atom stereocenters. The predicted molar refractivity (Wildman–Crippen MR) is 53.6 cm³/mol. The van der Waals surface area contributed by atoms with Gasteiger partial charge in [0.1, 0.15) is 0 Å². The van der Waals surface area contributed by atoms with Crippen LogP contribution in [0.25, 0.3) is 0 Å². The average molecular weight is 168 g/mol. The van der Waals surface area contributed by atoms with Gasteiger partial charge >= 0.3 is 0 Å². The Bertz CT molecular complexity index is 152. The van der Waals surface area contributed by atoms with Crippen molar-refractivity contribution in [2.24, 2.45) is 10.9 Å². The van der Waals surface area contributed by atoms with Gasteiger partial charge in [0.25, 0.3) is 0 Å². The lowest BCUT2D eigenvalue weighted by Crippen LogP contribution is -2.26. The van der Waals surface area contributed by atoms with Crippen molar-refractivity contribution in [1.82, 2.24) is 5.32 Å². The second kappa shape index (κ2) is 5.18. The van der Waals surface area contributed by atoms with Crippen LogP contribution in [0.15, 0.2) is 4.99 Å². The minimum atomic E-state index is 0.701. The Hall–Kier alpha value is -0.530. The van der Waals surface area contributed by atoms with Crippen LogP contribution in [0.4, 0.5) is 0 Å². The van der Waals surface area contributed by atoms with Crippen LogP contribution in [0.1, 0.15) is 39.5 Å². The maximum atomic E-state index is 4.47. The monoisotopic (exact) mass is 168 g/mol. The Morgan fingerprint density at radius 1 is 1.50 bits per heavy atom. The van der Waals surface area contributed by atoms with Crippen molar-refractivity contribution in [3.63, 3.8) is 0 Å². The zero-order valence-corrected chi connectivity index (χ0v) is 8.27. The Morgan fingerprint density at radius 2 is 2.33 bits per heavy atom. The van der Waals surface area contributed by atoms with Gasteiger partial charge in [0.15, 0.2) is 0 Å². The fourth-order valence-electron chi connectivity index (χ4n) is 1.67. The summed E-state index contributed by atoms with van der Waals surface area (Å²) in [5.41, 5.74) is 0. The van der Waals surface area contributed by atoms with Gasteiger partial charge in [0, 0.05) is 12.5 Å². The van der Waals surface area contributed by atoms with E-state index in [1.165, 1.54) is 31.5 Å². The number of hydrogen-bond acceptors (Lipinski definition) is 2. The van der Waals surface area contributed by atoms with E-state index < -0.39 is 0 Å². The smallest absolute Gasteiger partial charge is 0.0995 e. The fraction of sp³-hybridized carbons (Fsp3) is 0.900. The van der Waals surface area contributed by atoms with Crippen molar-refractivity contribution >= 4 is 5.84 Å². The van der Waals surface area contributed by atoms with Crippen LogP contribution in [-0.2, 0) is 0 Å². The van der Waals surface area contributed by atoms with Crippen LogP contribution in [0.5, 0.6) is 0 Å². The van der Waals surface area contributed by atoms with Gasteiger partial charge in [-0.15, -0.1) is 0 Å². The zero-order chi connectivity index (χ0) is 8.81. The van der Waals surface area contributed by atoms with Crippen molar-refractivity contribution in [3.05, 3.63) is 0 Å². The van der Waals surface area contributed by atoms with Gasteiger partial charge in [0.2, 0.25) is 0 Å². The van der Waals surface area contributed by atoms with Crippen molar-refractivity contribution in [1.29, 1.82) is 0 Å². The van der Waals surface area contributed by atoms with Gasteiger partial charge in [-0.2, -0.15) is 0 Å². The van der Waals surface area contributed by atoms with Crippen LogP contribution in [0.2, 0.25) is 0 Å². The first-order valence-corrected chi connectivity index (χ1v) is 5.16. The van der Waals surface area contributed by atoms with E-state index >= 15 is 0 Å². The van der Waals surface area contributed by atoms with Gasteiger partial charge in [-0.3, -0.25) is 4.99 Å². The van der Waals surface area contributed by atoms with Crippen molar-refractivity contribution in [3.8, 4) is 0 Å². The van der Waals surface area contributed by atoms with Gasteiger partial charge in [0.05, 0.1) is 12.4 Å². The summed E-state index contributed by atoms with van der Waals surface area (Å²) in [6, 6.07) is 0. The Labute approximate surface area is 75.5 Å². The number of unbranched alkanes of at least 4 members (excludes halogenated alkanes) is 1. The molecule has 1 heterocycles. The molecule has 0 saturated heterocycles. The lowest BCUT2D eigenvalue weighted by Gasteiger charge is -2.14. The second-order valence-electron chi connectivity index (χ2n) is 3.44. The van der Waals surface area contributed by atoms with E-state index in [2.05, 4.69) is 24.2 Å². The maximum Gasteiger partial charge on any atom is 0.0995 e. The normalized spacial score (nSPS) is 18.7. The summed E-state index contributed by atoms with van der Waals surface area (Å²) < 4.78 is 0. The van der Waals surface area contributed by atoms with Crippen LogP contribution in [-0.4, -0.2) is 18.9 Å². The van der Waals surface area contributed by atoms with Gasteiger partial charge in [-0.05, 0) is 12.8 Å². The lowest BCUT2D eigenvalue weighted by atomic mass is 9.98. The lowest BCUT2D eigenvalue weighted by molar-refractivity contribution is 0.559. The molecule has 1 rings (SSSR count). The van der Waals surface area contributed by atoms with Gasteiger partial charge < -0.3 is 5.32 Å². The molecule has 0 aromatic carbocycles. The standard InChI is InChI=1S/C10H20N2/c1-3-5-6-9(4-2)10-11-7-8-12-10/h9H,3-8H2,1-2H3,(H,11,12)/t9-/m1/s1.